The molecule has 3 rings (SSSR count). The van der Waals surface area contributed by atoms with Crippen molar-refractivity contribution >= 4 is 17.4 Å². The summed E-state index contributed by atoms with van der Waals surface area (Å²) < 4.78 is 24.2. The molecule has 0 aliphatic carbocycles. The molecule has 21 heavy (non-hydrogen) atoms. The summed E-state index contributed by atoms with van der Waals surface area (Å²) in [6, 6.07) is 10.9. The lowest BCUT2D eigenvalue weighted by molar-refractivity contribution is -0.0441. The Labute approximate surface area is 126 Å². The topological polar surface area (TPSA) is 35.5 Å². The molecule has 5 heteroatoms. The normalized spacial score (nSPS) is 15.3. The smallest absolute Gasteiger partial charge is 0.193 e. The van der Waals surface area contributed by atoms with Gasteiger partial charge >= 0.3 is 0 Å². The van der Waals surface area contributed by atoms with Crippen LogP contribution >= 0.6 is 11.6 Å². The van der Waals surface area contributed by atoms with Crippen molar-refractivity contribution in [3.63, 3.8) is 0 Å². The lowest BCUT2D eigenvalue weighted by Crippen LogP contribution is -2.03. The molecule has 0 spiro atoms. The summed E-state index contributed by atoms with van der Waals surface area (Å²) in [6.45, 7) is 1.13. The Balaban J connectivity index is 1.82. The van der Waals surface area contributed by atoms with Gasteiger partial charge in [-0.15, -0.1) is 0 Å². The highest BCUT2D eigenvalue weighted by molar-refractivity contribution is 6.30. The van der Waals surface area contributed by atoms with Gasteiger partial charge in [-0.2, -0.15) is 0 Å². The second-order valence-corrected chi connectivity index (χ2v) is 5.06. The predicted molar refractivity (Wildman–Crippen MR) is 75.9 cm³/mol. The first-order chi connectivity index (χ1) is 10.1. The molecule has 0 radical (unpaired) electrons. The van der Waals surface area contributed by atoms with Crippen molar-refractivity contribution in [1.82, 2.24) is 0 Å². The van der Waals surface area contributed by atoms with Crippen LogP contribution in [0.1, 0.15) is 27.8 Å². The molecule has 1 aliphatic heterocycles. The van der Waals surface area contributed by atoms with Crippen LogP contribution in [-0.2, 0) is 9.47 Å². The molecule has 2 aromatic rings. The molecule has 1 aliphatic rings. The first-order valence-corrected chi connectivity index (χ1v) is 6.86. The summed E-state index contributed by atoms with van der Waals surface area (Å²) in [5, 5.41) is -0.00238. The SMILES string of the molecule is O=C(c1ccc(C2OCCO2)cc1)c1ccc(Cl)c(F)c1. The van der Waals surface area contributed by atoms with E-state index in [-0.39, 0.29) is 22.7 Å². The van der Waals surface area contributed by atoms with Gasteiger partial charge in [0.2, 0.25) is 0 Å². The van der Waals surface area contributed by atoms with E-state index in [0.29, 0.717) is 18.8 Å². The third kappa shape index (κ3) is 2.97. The predicted octanol–water partition coefficient (Wildman–Crippen LogP) is 3.76. The Morgan fingerprint density at radius 1 is 1.05 bits per heavy atom. The van der Waals surface area contributed by atoms with Crippen molar-refractivity contribution in [2.75, 3.05) is 13.2 Å². The van der Waals surface area contributed by atoms with Gasteiger partial charge in [-0.25, -0.2) is 4.39 Å². The molecule has 1 saturated heterocycles. The van der Waals surface area contributed by atoms with Gasteiger partial charge in [0.05, 0.1) is 18.2 Å². The number of carbonyl (C=O) groups excluding carboxylic acids is 1. The van der Waals surface area contributed by atoms with E-state index in [1.54, 1.807) is 24.3 Å². The van der Waals surface area contributed by atoms with Crippen LogP contribution < -0.4 is 0 Å². The molecule has 0 saturated carbocycles. The number of hydrogen-bond acceptors (Lipinski definition) is 3. The third-order valence-electron chi connectivity index (χ3n) is 3.25. The van der Waals surface area contributed by atoms with Crippen molar-refractivity contribution < 1.29 is 18.7 Å². The number of halogens is 2. The van der Waals surface area contributed by atoms with Crippen molar-refractivity contribution in [1.29, 1.82) is 0 Å². The van der Waals surface area contributed by atoms with Crippen molar-refractivity contribution in [3.8, 4) is 0 Å². The maximum Gasteiger partial charge on any atom is 0.193 e. The molecule has 0 unspecified atom stereocenters. The van der Waals surface area contributed by atoms with Gasteiger partial charge in [0, 0.05) is 16.7 Å². The molecular weight excluding hydrogens is 295 g/mol. The van der Waals surface area contributed by atoms with Crippen molar-refractivity contribution in [3.05, 3.63) is 70.0 Å². The minimum absolute atomic E-state index is 0.00238. The molecule has 3 nitrogen and oxygen atoms in total. The molecular formula is C16H12ClFO3. The van der Waals surface area contributed by atoms with E-state index in [1.807, 2.05) is 0 Å². The van der Waals surface area contributed by atoms with Gasteiger partial charge < -0.3 is 9.47 Å². The summed E-state index contributed by atoms with van der Waals surface area (Å²) in [7, 11) is 0. The lowest BCUT2D eigenvalue weighted by Gasteiger charge is -2.09. The summed E-state index contributed by atoms with van der Waals surface area (Å²) in [5.41, 5.74) is 1.59. The van der Waals surface area contributed by atoms with Crippen LogP contribution in [0, 0.1) is 5.82 Å². The second kappa shape index (κ2) is 5.93. The fourth-order valence-electron chi connectivity index (χ4n) is 2.15. The largest absolute Gasteiger partial charge is 0.346 e. The first kappa shape index (κ1) is 14.2. The quantitative estimate of drug-likeness (QED) is 0.810. The Morgan fingerprint density at radius 3 is 2.29 bits per heavy atom. The van der Waals surface area contributed by atoms with E-state index < -0.39 is 5.82 Å². The average Bonchev–Trinajstić information content (AvgIpc) is 3.04. The van der Waals surface area contributed by atoms with Crippen LogP contribution in [0.5, 0.6) is 0 Å². The van der Waals surface area contributed by atoms with Gasteiger partial charge in [0.25, 0.3) is 0 Å². The maximum atomic E-state index is 13.4. The zero-order chi connectivity index (χ0) is 14.8. The molecule has 0 aromatic heterocycles. The van der Waals surface area contributed by atoms with Crippen LogP contribution in [0.2, 0.25) is 5.02 Å². The van der Waals surface area contributed by atoms with Crippen LogP contribution in [0.4, 0.5) is 4.39 Å². The maximum absolute atomic E-state index is 13.4. The molecule has 0 N–H and O–H groups in total. The summed E-state index contributed by atoms with van der Waals surface area (Å²) in [4.78, 5) is 12.3. The van der Waals surface area contributed by atoms with E-state index in [1.165, 1.54) is 12.1 Å². The summed E-state index contributed by atoms with van der Waals surface area (Å²) in [5.74, 6) is -0.864. The fourth-order valence-corrected chi connectivity index (χ4v) is 2.26. The molecule has 0 amide bonds. The van der Waals surface area contributed by atoms with E-state index in [2.05, 4.69) is 0 Å². The molecule has 0 atom stereocenters. The number of rotatable bonds is 3. The minimum Gasteiger partial charge on any atom is -0.346 e. The number of ether oxygens (including phenoxy) is 2. The monoisotopic (exact) mass is 306 g/mol. The Kier molecular flexibility index (Phi) is 4.01. The minimum atomic E-state index is -0.605. The Hall–Kier alpha value is -1.75. The summed E-state index contributed by atoms with van der Waals surface area (Å²) in [6.07, 6.45) is -0.373. The van der Waals surface area contributed by atoms with E-state index in [4.69, 9.17) is 21.1 Å². The Morgan fingerprint density at radius 2 is 1.67 bits per heavy atom. The second-order valence-electron chi connectivity index (χ2n) is 4.65. The van der Waals surface area contributed by atoms with Crippen LogP contribution in [0.25, 0.3) is 0 Å². The number of carbonyl (C=O) groups is 1. The number of benzene rings is 2. The highest BCUT2D eigenvalue weighted by Gasteiger charge is 2.19. The van der Waals surface area contributed by atoms with Gasteiger partial charge in [0.15, 0.2) is 12.1 Å². The first-order valence-electron chi connectivity index (χ1n) is 6.48. The van der Waals surface area contributed by atoms with E-state index in [0.717, 1.165) is 11.6 Å². The molecule has 1 heterocycles. The average molecular weight is 307 g/mol. The van der Waals surface area contributed by atoms with Gasteiger partial charge in [-0.3, -0.25) is 4.79 Å². The summed E-state index contributed by atoms with van der Waals surface area (Å²) >= 11 is 5.61. The van der Waals surface area contributed by atoms with Gasteiger partial charge in [-0.1, -0.05) is 35.9 Å². The van der Waals surface area contributed by atoms with E-state index in [9.17, 15) is 9.18 Å². The van der Waals surface area contributed by atoms with E-state index >= 15 is 0 Å². The zero-order valence-corrected chi connectivity index (χ0v) is 11.8. The van der Waals surface area contributed by atoms with Crippen LogP contribution in [0.3, 0.4) is 0 Å². The lowest BCUT2D eigenvalue weighted by atomic mass is 10.0. The molecule has 1 fully saturated rings. The van der Waals surface area contributed by atoms with Crippen LogP contribution in [0.15, 0.2) is 42.5 Å². The number of ketones is 1. The van der Waals surface area contributed by atoms with Gasteiger partial charge in [0.1, 0.15) is 5.82 Å². The molecule has 108 valence electrons. The Bertz CT molecular complexity index is 664. The van der Waals surface area contributed by atoms with Crippen molar-refractivity contribution in [2.45, 2.75) is 6.29 Å². The standard InChI is InChI=1S/C16H12ClFO3/c17-13-6-5-12(9-14(13)18)15(19)10-1-3-11(4-2-10)16-20-7-8-21-16/h1-6,9,16H,7-8H2. The highest BCUT2D eigenvalue weighted by atomic mass is 35.5. The fraction of sp³-hybridized carbons (Fsp3) is 0.188. The molecule has 0 bridgehead atoms. The zero-order valence-electron chi connectivity index (χ0n) is 11.0. The third-order valence-corrected chi connectivity index (χ3v) is 3.56. The highest BCUT2D eigenvalue weighted by Crippen LogP contribution is 2.24. The van der Waals surface area contributed by atoms with Crippen LogP contribution in [-0.4, -0.2) is 19.0 Å². The number of hydrogen-bond donors (Lipinski definition) is 0. The van der Waals surface area contributed by atoms with Gasteiger partial charge in [-0.05, 0) is 18.2 Å². The molecule has 2 aromatic carbocycles. The van der Waals surface area contributed by atoms with Crippen molar-refractivity contribution in [2.24, 2.45) is 0 Å².